The quantitative estimate of drug-likeness (QED) is 0.526. The molecule has 0 saturated heterocycles. The molecule has 0 fully saturated rings. The van der Waals surface area contributed by atoms with Crippen molar-refractivity contribution in [3.8, 4) is 17.2 Å². The van der Waals surface area contributed by atoms with Gasteiger partial charge in [0.1, 0.15) is 5.75 Å². The van der Waals surface area contributed by atoms with E-state index in [1.807, 2.05) is 6.07 Å². The van der Waals surface area contributed by atoms with E-state index in [1.54, 1.807) is 50.6 Å². The average molecular weight is 388 g/mol. The zero-order valence-corrected chi connectivity index (χ0v) is 16.5. The second kappa shape index (κ2) is 10.4. The van der Waals surface area contributed by atoms with Gasteiger partial charge in [0.2, 0.25) is 0 Å². The summed E-state index contributed by atoms with van der Waals surface area (Å²) in [6, 6.07) is 12.3. The van der Waals surface area contributed by atoms with Gasteiger partial charge in [0.25, 0.3) is 5.91 Å². The first kappa shape index (κ1) is 20.5. The van der Waals surface area contributed by atoms with Crippen molar-refractivity contribution in [3.63, 3.8) is 0 Å². The number of ether oxygens (including phenoxy) is 3. The highest BCUT2D eigenvalue weighted by molar-refractivity contribution is 7.80. The molecule has 0 heterocycles. The van der Waals surface area contributed by atoms with Crippen LogP contribution in [0.25, 0.3) is 0 Å². The lowest BCUT2D eigenvalue weighted by atomic mass is 10.2. The van der Waals surface area contributed by atoms with Gasteiger partial charge in [0.05, 0.1) is 20.8 Å². The van der Waals surface area contributed by atoms with Gasteiger partial charge in [-0.3, -0.25) is 10.1 Å². The molecule has 0 bridgehead atoms. The molecule has 27 heavy (non-hydrogen) atoms. The topological polar surface area (TPSA) is 68.8 Å². The predicted molar refractivity (Wildman–Crippen MR) is 110 cm³/mol. The number of hydrogen-bond acceptors (Lipinski definition) is 5. The number of amides is 1. The number of thiocarbonyl (C=S) groups is 1. The Morgan fingerprint density at radius 3 is 2.56 bits per heavy atom. The first-order valence-corrected chi connectivity index (χ1v) is 9.05. The number of unbranched alkanes of at least 4 members (excludes halogenated alkanes) is 1. The minimum Gasteiger partial charge on any atom is -0.494 e. The molecule has 2 N–H and O–H groups in total. The molecule has 1 amide bonds. The number of carbonyl (C=O) groups is 1. The third kappa shape index (κ3) is 6.14. The summed E-state index contributed by atoms with van der Waals surface area (Å²) >= 11 is 5.23. The molecule has 144 valence electrons. The van der Waals surface area contributed by atoms with Crippen LogP contribution in [0.2, 0.25) is 0 Å². The lowest BCUT2D eigenvalue weighted by Gasteiger charge is -2.13. The smallest absolute Gasteiger partial charge is 0.257 e. The first-order chi connectivity index (χ1) is 13.1. The highest BCUT2D eigenvalue weighted by atomic mass is 32.1. The molecule has 0 saturated carbocycles. The maximum atomic E-state index is 12.4. The third-order valence-electron chi connectivity index (χ3n) is 3.73. The maximum Gasteiger partial charge on any atom is 0.257 e. The van der Waals surface area contributed by atoms with E-state index in [9.17, 15) is 4.79 Å². The maximum absolute atomic E-state index is 12.4. The Morgan fingerprint density at radius 2 is 1.85 bits per heavy atom. The van der Waals surface area contributed by atoms with Crippen molar-refractivity contribution in [2.45, 2.75) is 19.8 Å². The summed E-state index contributed by atoms with van der Waals surface area (Å²) in [6.45, 7) is 2.72. The van der Waals surface area contributed by atoms with Gasteiger partial charge in [0.15, 0.2) is 16.6 Å². The van der Waals surface area contributed by atoms with Crippen LogP contribution in [0.1, 0.15) is 30.1 Å². The van der Waals surface area contributed by atoms with E-state index in [1.165, 1.54) is 0 Å². The number of nitrogens with one attached hydrogen (secondary N) is 2. The molecule has 2 aromatic carbocycles. The second-order valence-electron chi connectivity index (χ2n) is 5.71. The van der Waals surface area contributed by atoms with Crippen molar-refractivity contribution < 1.29 is 19.0 Å². The van der Waals surface area contributed by atoms with Crippen LogP contribution >= 0.6 is 12.2 Å². The predicted octanol–water partition coefficient (Wildman–Crippen LogP) is 4.01. The largest absolute Gasteiger partial charge is 0.494 e. The van der Waals surface area contributed by atoms with E-state index in [-0.39, 0.29) is 11.0 Å². The number of hydrogen-bond donors (Lipinski definition) is 2. The number of methoxy groups -OCH3 is 2. The summed E-state index contributed by atoms with van der Waals surface area (Å²) < 4.78 is 16.1. The minimum atomic E-state index is -0.311. The summed E-state index contributed by atoms with van der Waals surface area (Å²) in [6.07, 6.45) is 2.02. The van der Waals surface area contributed by atoms with Crippen LogP contribution in [-0.4, -0.2) is 31.8 Å². The lowest BCUT2D eigenvalue weighted by molar-refractivity contribution is 0.0977. The van der Waals surface area contributed by atoms with Crippen LogP contribution in [0, 0.1) is 0 Å². The summed E-state index contributed by atoms with van der Waals surface area (Å²) in [7, 11) is 3.12. The van der Waals surface area contributed by atoms with Gasteiger partial charge in [-0.2, -0.15) is 0 Å². The average Bonchev–Trinajstić information content (AvgIpc) is 2.68. The van der Waals surface area contributed by atoms with Crippen molar-refractivity contribution in [2.75, 3.05) is 26.1 Å². The number of rotatable bonds is 8. The molecule has 0 radical (unpaired) electrons. The first-order valence-electron chi connectivity index (χ1n) is 8.64. The Balaban J connectivity index is 1.97. The van der Waals surface area contributed by atoms with Gasteiger partial charge < -0.3 is 19.5 Å². The third-order valence-corrected chi connectivity index (χ3v) is 3.94. The zero-order chi connectivity index (χ0) is 19.6. The van der Waals surface area contributed by atoms with E-state index >= 15 is 0 Å². The van der Waals surface area contributed by atoms with E-state index in [0.29, 0.717) is 35.1 Å². The van der Waals surface area contributed by atoms with Gasteiger partial charge in [-0.15, -0.1) is 0 Å². The summed E-state index contributed by atoms with van der Waals surface area (Å²) in [4.78, 5) is 12.4. The van der Waals surface area contributed by atoms with Gasteiger partial charge in [0, 0.05) is 17.3 Å². The van der Waals surface area contributed by atoms with Crippen LogP contribution in [0.4, 0.5) is 5.69 Å². The fraction of sp³-hybridized carbons (Fsp3) is 0.300. The number of anilines is 1. The van der Waals surface area contributed by atoms with Crippen LogP contribution in [0.5, 0.6) is 17.2 Å². The van der Waals surface area contributed by atoms with E-state index < -0.39 is 0 Å². The molecule has 0 aliphatic carbocycles. The highest BCUT2D eigenvalue weighted by Crippen LogP contribution is 2.29. The SMILES string of the molecule is CCCCOc1cccc(C(=O)NC(=S)Nc2ccc(OC)c(OC)c2)c1. The molecular weight excluding hydrogens is 364 g/mol. The molecule has 7 heteroatoms. The molecule has 0 spiro atoms. The van der Waals surface area contributed by atoms with Gasteiger partial charge in [-0.05, 0) is 49.0 Å². The Hall–Kier alpha value is -2.80. The molecular formula is C20H24N2O4S. The highest BCUT2D eigenvalue weighted by Gasteiger charge is 2.10. The van der Waals surface area contributed by atoms with Crippen LogP contribution in [0.3, 0.4) is 0 Å². The molecule has 2 rings (SSSR count). The summed E-state index contributed by atoms with van der Waals surface area (Å²) in [5.41, 5.74) is 1.15. The van der Waals surface area contributed by atoms with Crippen LogP contribution in [0.15, 0.2) is 42.5 Å². The molecule has 0 atom stereocenters. The molecule has 0 unspecified atom stereocenters. The van der Waals surface area contributed by atoms with Crippen molar-refractivity contribution in [1.82, 2.24) is 5.32 Å². The monoisotopic (exact) mass is 388 g/mol. The molecule has 0 aliphatic rings. The fourth-order valence-corrected chi connectivity index (χ4v) is 2.52. The summed E-state index contributed by atoms with van der Waals surface area (Å²) in [5.74, 6) is 1.52. The summed E-state index contributed by atoms with van der Waals surface area (Å²) in [5, 5.41) is 5.80. The Labute approximate surface area is 164 Å². The van der Waals surface area contributed by atoms with Crippen molar-refractivity contribution in [3.05, 3.63) is 48.0 Å². The Kier molecular flexibility index (Phi) is 7.88. The van der Waals surface area contributed by atoms with Gasteiger partial charge >= 0.3 is 0 Å². The van der Waals surface area contributed by atoms with E-state index in [2.05, 4.69) is 17.6 Å². The van der Waals surface area contributed by atoms with Crippen molar-refractivity contribution >= 4 is 28.9 Å². The van der Waals surface area contributed by atoms with E-state index in [4.69, 9.17) is 26.4 Å². The van der Waals surface area contributed by atoms with Crippen molar-refractivity contribution in [2.24, 2.45) is 0 Å². The fourth-order valence-electron chi connectivity index (χ4n) is 2.31. The van der Waals surface area contributed by atoms with Gasteiger partial charge in [-0.1, -0.05) is 19.4 Å². The molecule has 2 aromatic rings. The Bertz CT molecular complexity index is 795. The molecule has 0 aromatic heterocycles. The minimum absolute atomic E-state index is 0.185. The molecule has 6 nitrogen and oxygen atoms in total. The number of benzene rings is 2. The van der Waals surface area contributed by atoms with Crippen LogP contribution in [-0.2, 0) is 0 Å². The zero-order valence-electron chi connectivity index (χ0n) is 15.7. The van der Waals surface area contributed by atoms with Crippen LogP contribution < -0.4 is 24.8 Å². The Morgan fingerprint density at radius 1 is 1.07 bits per heavy atom. The van der Waals surface area contributed by atoms with Gasteiger partial charge in [-0.25, -0.2) is 0 Å². The molecule has 0 aliphatic heterocycles. The number of carbonyl (C=O) groups excluding carboxylic acids is 1. The standard InChI is InChI=1S/C20H24N2O4S/c1-4-5-11-26-16-8-6-7-14(12-16)19(23)22-20(27)21-15-9-10-17(24-2)18(13-15)25-3/h6-10,12-13H,4-5,11H2,1-3H3,(H2,21,22,23,27). The lowest BCUT2D eigenvalue weighted by Crippen LogP contribution is -2.34. The van der Waals surface area contributed by atoms with E-state index in [0.717, 1.165) is 12.8 Å². The second-order valence-corrected chi connectivity index (χ2v) is 6.12. The normalized spacial score (nSPS) is 10.0. The van der Waals surface area contributed by atoms with Crippen molar-refractivity contribution in [1.29, 1.82) is 0 Å².